The van der Waals surface area contributed by atoms with E-state index in [1.54, 1.807) is 12.1 Å². The maximum atomic E-state index is 12.8. The summed E-state index contributed by atoms with van der Waals surface area (Å²) >= 11 is 11.9. The van der Waals surface area contributed by atoms with Gasteiger partial charge in [0, 0.05) is 0 Å². The number of benzene rings is 1. The minimum Gasteiger partial charge on any atom is -0.464 e. The number of ether oxygens (including phenoxy) is 1. The molecule has 0 fully saturated rings. The molecule has 2 aromatic rings. The summed E-state index contributed by atoms with van der Waals surface area (Å²) in [5, 5.41) is 0.410. The Bertz CT molecular complexity index is 626. The van der Waals surface area contributed by atoms with Crippen LogP contribution in [-0.2, 0) is 11.3 Å². The van der Waals surface area contributed by atoms with E-state index in [-0.39, 0.29) is 21.7 Å². The third kappa shape index (κ3) is 3.05. The van der Waals surface area contributed by atoms with Crippen LogP contribution in [0.4, 0.5) is 4.39 Å². The van der Waals surface area contributed by atoms with Crippen LogP contribution >= 0.6 is 23.2 Å². The molecule has 0 amide bonds. The van der Waals surface area contributed by atoms with Crippen LogP contribution in [0.5, 0.6) is 0 Å². The first-order chi connectivity index (χ1) is 9.52. The molecule has 0 aliphatic rings. The lowest BCUT2D eigenvalue weighted by atomic mass is 10.2. The maximum absolute atomic E-state index is 12.8. The van der Waals surface area contributed by atoms with Gasteiger partial charge in [-0.15, -0.1) is 0 Å². The van der Waals surface area contributed by atoms with Crippen molar-refractivity contribution in [2.75, 3.05) is 12.5 Å². The second kappa shape index (κ2) is 6.15. The molecule has 0 aliphatic carbocycles. The van der Waals surface area contributed by atoms with Crippen molar-refractivity contribution >= 4 is 29.2 Å². The zero-order valence-corrected chi connectivity index (χ0v) is 12.0. The van der Waals surface area contributed by atoms with Gasteiger partial charge in [-0.1, -0.05) is 35.3 Å². The molecule has 0 unspecified atom stereocenters. The Hall–Kier alpha value is -1.72. The molecule has 20 heavy (non-hydrogen) atoms. The molecule has 1 heterocycles. The maximum Gasteiger partial charge on any atom is 0.356 e. The quantitative estimate of drug-likeness (QED) is 0.878. The summed E-state index contributed by atoms with van der Waals surface area (Å²) in [6.07, 6.45) is 0. The number of rotatable bonds is 4. The van der Waals surface area contributed by atoms with Crippen molar-refractivity contribution in [2.45, 2.75) is 6.54 Å². The predicted molar refractivity (Wildman–Crippen MR) is 75.3 cm³/mol. The van der Waals surface area contributed by atoms with Gasteiger partial charge in [0.05, 0.1) is 18.7 Å². The van der Waals surface area contributed by atoms with Crippen LogP contribution in [0.2, 0.25) is 10.2 Å². The van der Waals surface area contributed by atoms with Gasteiger partial charge in [0.2, 0.25) is 0 Å². The predicted octanol–water partition coefficient (Wildman–Crippen LogP) is 3.46. The largest absolute Gasteiger partial charge is 0.464 e. The average molecular weight is 317 g/mol. The normalized spacial score (nSPS) is 10.4. The van der Waals surface area contributed by atoms with Crippen molar-refractivity contribution in [1.29, 1.82) is 0 Å². The number of carbonyl (C=O) groups is 1. The first-order valence-electron chi connectivity index (χ1n) is 5.66. The number of hydrogen-bond acceptors (Lipinski definition) is 3. The summed E-state index contributed by atoms with van der Waals surface area (Å²) in [6, 6.07) is 7.36. The molecule has 0 radical (unpaired) electrons. The van der Waals surface area contributed by atoms with Gasteiger partial charge in [-0.2, -0.15) is 0 Å². The van der Waals surface area contributed by atoms with Crippen molar-refractivity contribution < 1.29 is 13.9 Å². The van der Waals surface area contributed by atoms with E-state index in [1.165, 1.54) is 30.0 Å². The fourth-order valence-corrected chi connectivity index (χ4v) is 2.03. The first-order valence-corrected chi connectivity index (χ1v) is 6.42. The molecule has 1 aromatic heterocycles. The molecule has 0 saturated heterocycles. The van der Waals surface area contributed by atoms with Gasteiger partial charge < -0.3 is 10.2 Å². The van der Waals surface area contributed by atoms with Gasteiger partial charge >= 0.3 is 5.97 Å². The van der Waals surface area contributed by atoms with Crippen molar-refractivity contribution in [1.82, 2.24) is 4.68 Å². The lowest BCUT2D eigenvalue weighted by Crippen LogP contribution is -2.20. The number of carbonyl (C=O) groups excluding carboxylic acids is 1. The van der Waals surface area contributed by atoms with E-state index in [0.29, 0.717) is 6.54 Å². The van der Waals surface area contributed by atoms with Crippen molar-refractivity contribution in [2.24, 2.45) is 0 Å². The van der Waals surface area contributed by atoms with Crippen LogP contribution in [0.3, 0.4) is 0 Å². The minimum atomic E-state index is -0.564. The highest BCUT2D eigenvalue weighted by Gasteiger charge is 2.18. The van der Waals surface area contributed by atoms with E-state index in [4.69, 9.17) is 23.2 Å². The van der Waals surface area contributed by atoms with Crippen molar-refractivity contribution in [3.8, 4) is 0 Å². The molecule has 0 aliphatic heterocycles. The molecule has 7 heteroatoms. The highest BCUT2D eigenvalue weighted by Crippen LogP contribution is 2.25. The summed E-state index contributed by atoms with van der Waals surface area (Å²) in [5.74, 6) is -0.878. The van der Waals surface area contributed by atoms with Gasteiger partial charge in [-0.25, -0.2) is 13.9 Å². The van der Waals surface area contributed by atoms with Crippen molar-refractivity contribution in [3.05, 3.63) is 57.6 Å². The molecule has 1 aromatic carbocycles. The Morgan fingerprint density at radius 2 is 2.00 bits per heavy atom. The van der Waals surface area contributed by atoms with Crippen LogP contribution in [0.25, 0.3) is 0 Å². The zero-order valence-electron chi connectivity index (χ0n) is 10.5. The number of esters is 1. The molecular weight excluding hydrogens is 306 g/mol. The number of aromatic nitrogens is 1. The Kier molecular flexibility index (Phi) is 4.52. The highest BCUT2D eigenvalue weighted by molar-refractivity contribution is 6.41. The summed E-state index contributed by atoms with van der Waals surface area (Å²) in [7, 11) is 1.27. The molecule has 0 atom stereocenters. The van der Waals surface area contributed by atoms with E-state index < -0.39 is 5.97 Å². The van der Waals surface area contributed by atoms with E-state index >= 15 is 0 Å². The molecule has 106 valence electrons. The molecule has 0 saturated carbocycles. The van der Waals surface area contributed by atoms with Crippen molar-refractivity contribution in [3.63, 3.8) is 0 Å². The Labute approximate surface area is 125 Å². The molecule has 0 spiro atoms. The number of methoxy groups -OCH3 is 1. The number of halogens is 3. The standard InChI is InChI=1S/C13H11Cl2FN2O2/c1-20-13(19)11-6-10(14)12(15)18(11)17-7-8-2-4-9(16)5-3-8/h2-6,17H,7H2,1H3. The SMILES string of the molecule is COC(=O)c1cc(Cl)c(Cl)n1NCc1ccc(F)cc1. The van der Waals surface area contributed by atoms with Gasteiger partial charge in [-0.05, 0) is 23.8 Å². The highest BCUT2D eigenvalue weighted by atomic mass is 35.5. The topological polar surface area (TPSA) is 43.3 Å². The minimum absolute atomic E-state index is 0.175. The van der Waals surface area contributed by atoms with Gasteiger partial charge in [0.1, 0.15) is 11.0 Å². The third-order valence-corrected chi connectivity index (χ3v) is 3.40. The lowest BCUT2D eigenvalue weighted by Gasteiger charge is -2.12. The van der Waals surface area contributed by atoms with Gasteiger partial charge in [0.25, 0.3) is 0 Å². The molecule has 2 rings (SSSR count). The lowest BCUT2D eigenvalue weighted by molar-refractivity contribution is 0.0590. The summed E-state index contributed by atoms with van der Waals surface area (Å²) < 4.78 is 18.8. The van der Waals surface area contributed by atoms with E-state index in [9.17, 15) is 9.18 Å². The van der Waals surface area contributed by atoms with Crippen LogP contribution in [0.1, 0.15) is 16.1 Å². The van der Waals surface area contributed by atoms with Gasteiger partial charge in [-0.3, -0.25) is 0 Å². The van der Waals surface area contributed by atoms with Crippen LogP contribution in [0.15, 0.2) is 30.3 Å². The molecule has 0 bridgehead atoms. The fourth-order valence-electron chi connectivity index (χ4n) is 1.64. The van der Waals surface area contributed by atoms with Crippen LogP contribution in [0, 0.1) is 5.82 Å². The molecule has 4 nitrogen and oxygen atoms in total. The summed E-state index contributed by atoms with van der Waals surface area (Å²) in [5.41, 5.74) is 3.94. The Balaban J connectivity index is 2.20. The zero-order chi connectivity index (χ0) is 14.7. The van der Waals surface area contributed by atoms with Crippen LogP contribution in [-0.4, -0.2) is 17.8 Å². The molecule has 1 N–H and O–H groups in total. The Morgan fingerprint density at radius 1 is 1.35 bits per heavy atom. The van der Waals surface area contributed by atoms with Gasteiger partial charge in [0.15, 0.2) is 5.69 Å². The average Bonchev–Trinajstić information content (AvgIpc) is 2.73. The Morgan fingerprint density at radius 3 is 2.60 bits per heavy atom. The van der Waals surface area contributed by atoms with Crippen LogP contribution < -0.4 is 5.43 Å². The number of nitrogens with zero attached hydrogens (tertiary/aromatic N) is 1. The second-order valence-electron chi connectivity index (χ2n) is 3.96. The number of nitrogens with one attached hydrogen (secondary N) is 1. The smallest absolute Gasteiger partial charge is 0.356 e. The summed E-state index contributed by atoms with van der Waals surface area (Å²) in [4.78, 5) is 11.6. The first kappa shape index (κ1) is 14.7. The van der Waals surface area contributed by atoms with E-state index in [2.05, 4.69) is 10.2 Å². The fraction of sp³-hybridized carbons (Fsp3) is 0.154. The second-order valence-corrected chi connectivity index (χ2v) is 4.72. The summed E-state index contributed by atoms with van der Waals surface area (Å²) in [6.45, 7) is 0.342. The number of hydrogen-bond donors (Lipinski definition) is 1. The monoisotopic (exact) mass is 316 g/mol. The van der Waals surface area contributed by atoms with E-state index in [0.717, 1.165) is 5.56 Å². The molecular formula is C13H11Cl2FN2O2. The third-order valence-electron chi connectivity index (χ3n) is 2.65. The van der Waals surface area contributed by atoms with E-state index in [1.807, 2.05) is 0 Å².